The number of aliphatic imine (C=N–C) groups is 1. The summed E-state index contributed by atoms with van der Waals surface area (Å²) in [6.45, 7) is 0. The minimum absolute atomic E-state index is 0.0130. The third-order valence-electron chi connectivity index (χ3n) is 5.74. The van der Waals surface area contributed by atoms with Crippen LogP contribution in [0.3, 0.4) is 0 Å². The number of allylic oxidation sites excluding steroid dienone is 1. The molecule has 0 aromatic heterocycles. The van der Waals surface area contributed by atoms with E-state index < -0.39 is 0 Å². The lowest BCUT2D eigenvalue weighted by Gasteiger charge is -2.52. The number of methoxy groups -OCH3 is 1. The number of carbonyl (C=O) groups is 2. The van der Waals surface area contributed by atoms with Crippen LogP contribution in [0.1, 0.15) is 0 Å². The average molecular weight is 308 g/mol. The molecule has 6 atom stereocenters. The van der Waals surface area contributed by atoms with Gasteiger partial charge < -0.3 is 4.74 Å². The number of ether oxygens (including phenoxy) is 1. The molecular formula is C18H16N2O3. The van der Waals surface area contributed by atoms with Crippen molar-refractivity contribution in [3.8, 4) is 0 Å². The molecule has 116 valence electrons. The van der Waals surface area contributed by atoms with Gasteiger partial charge in [0.1, 0.15) is 0 Å². The molecule has 6 rings (SSSR count). The van der Waals surface area contributed by atoms with Crippen LogP contribution < -0.4 is 4.90 Å². The molecule has 5 heteroatoms. The lowest BCUT2D eigenvalue weighted by molar-refractivity contribution is -0.126. The van der Waals surface area contributed by atoms with Crippen molar-refractivity contribution in [1.29, 1.82) is 0 Å². The summed E-state index contributed by atoms with van der Waals surface area (Å²) in [6, 6.07) is 9.29. The summed E-state index contributed by atoms with van der Waals surface area (Å²) in [4.78, 5) is 31.9. The van der Waals surface area contributed by atoms with Gasteiger partial charge in [-0.25, -0.2) is 0 Å². The highest BCUT2D eigenvalue weighted by Gasteiger charge is 2.66. The van der Waals surface area contributed by atoms with Crippen LogP contribution >= 0.6 is 0 Å². The molecule has 1 aromatic carbocycles. The Hall–Kier alpha value is -2.43. The Morgan fingerprint density at radius 2 is 1.61 bits per heavy atom. The number of para-hydroxylation sites is 1. The van der Waals surface area contributed by atoms with Crippen molar-refractivity contribution >= 4 is 23.4 Å². The van der Waals surface area contributed by atoms with Crippen molar-refractivity contribution < 1.29 is 14.3 Å². The predicted octanol–water partition coefficient (Wildman–Crippen LogP) is 1.65. The van der Waals surface area contributed by atoms with E-state index in [4.69, 9.17) is 4.74 Å². The number of rotatable bonds is 1. The number of carbonyl (C=O) groups excluding carboxylic acids is 2. The first-order valence-electron chi connectivity index (χ1n) is 7.95. The van der Waals surface area contributed by atoms with Gasteiger partial charge in [0.15, 0.2) is 5.90 Å². The molecule has 1 aromatic rings. The second-order valence-electron chi connectivity index (χ2n) is 6.63. The summed E-state index contributed by atoms with van der Waals surface area (Å²) in [6.07, 6.45) is 4.18. The SMILES string of the molecule is COC1=N[C@@H]2[C@@H]3C=C[C@H]([C@H]4C(=O)N(c5ccccc5)C(=O)[C@H]34)[C@H]12. The summed E-state index contributed by atoms with van der Waals surface area (Å²) in [5.41, 5.74) is 0.663. The van der Waals surface area contributed by atoms with Gasteiger partial charge in [-0.1, -0.05) is 30.4 Å². The number of benzene rings is 1. The third-order valence-corrected chi connectivity index (χ3v) is 5.74. The van der Waals surface area contributed by atoms with Gasteiger partial charge in [0.05, 0.1) is 36.6 Å². The number of hydrogen-bond acceptors (Lipinski definition) is 4. The van der Waals surface area contributed by atoms with Gasteiger partial charge in [0, 0.05) is 11.8 Å². The Morgan fingerprint density at radius 1 is 0.957 bits per heavy atom. The monoisotopic (exact) mass is 308 g/mol. The van der Waals surface area contributed by atoms with Gasteiger partial charge in [-0.2, -0.15) is 0 Å². The van der Waals surface area contributed by atoms with Crippen LogP contribution in [0.25, 0.3) is 0 Å². The topological polar surface area (TPSA) is 59.0 Å². The molecule has 0 unspecified atom stereocenters. The third kappa shape index (κ3) is 1.45. The first-order chi connectivity index (χ1) is 11.2. The molecule has 5 nitrogen and oxygen atoms in total. The Balaban J connectivity index is 1.57. The number of nitrogens with zero attached hydrogens (tertiary/aromatic N) is 2. The molecule has 1 saturated heterocycles. The first-order valence-corrected chi connectivity index (χ1v) is 7.95. The maximum atomic E-state index is 13.0. The van der Waals surface area contributed by atoms with Gasteiger partial charge in [0.2, 0.25) is 11.8 Å². The molecule has 3 aliphatic carbocycles. The Kier molecular flexibility index (Phi) is 2.45. The fourth-order valence-electron chi connectivity index (χ4n) is 4.80. The van der Waals surface area contributed by atoms with Crippen molar-refractivity contribution in [3.05, 3.63) is 42.5 Å². The van der Waals surface area contributed by atoms with E-state index in [0.717, 1.165) is 5.90 Å². The minimum atomic E-state index is -0.278. The highest BCUT2D eigenvalue weighted by atomic mass is 16.5. The molecular weight excluding hydrogens is 292 g/mol. The molecule has 5 aliphatic rings. The highest BCUT2D eigenvalue weighted by Crippen LogP contribution is 2.56. The summed E-state index contributed by atoms with van der Waals surface area (Å²) in [7, 11) is 1.62. The van der Waals surface area contributed by atoms with E-state index in [9.17, 15) is 9.59 Å². The van der Waals surface area contributed by atoms with E-state index in [1.165, 1.54) is 4.90 Å². The van der Waals surface area contributed by atoms with Gasteiger partial charge in [0.25, 0.3) is 0 Å². The van der Waals surface area contributed by atoms with Crippen molar-refractivity contribution in [2.75, 3.05) is 12.0 Å². The fraction of sp³-hybridized carbons (Fsp3) is 0.389. The fourth-order valence-corrected chi connectivity index (χ4v) is 4.80. The highest BCUT2D eigenvalue weighted by molar-refractivity contribution is 6.23. The van der Waals surface area contributed by atoms with E-state index in [0.29, 0.717) is 5.69 Å². The molecule has 2 aliphatic heterocycles. The van der Waals surface area contributed by atoms with Crippen LogP contribution in [0.15, 0.2) is 47.5 Å². The number of amides is 2. The molecule has 2 amide bonds. The van der Waals surface area contributed by atoms with Crippen LogP contribution in [-0.4, -0.2) is 30.9 Å². The van der Waals surface area contributed by atoms with Crippen LogP contribution in [0, 0.1) is 29.6 Å². The van der Waals surface area contributed by atoms with Crippen LogP contribution in [0.5, 0.6) is 0 Å². The van der Waals surface area contributed by atoms with Crippen molar-refractivity contribution in [2.45, 2.75) is 6.04 Å². The van der Waals surface area contributed by atoms with Crippen LogP contribution in [0.2, 0.25) is 0 Å². The van der Waals surface area contributed by atoms with Gasteiger partial charge in [-0.05, 0) is 12.1 Å². The average Bonchev–Trinajstić information content (AvgIpc) is 2.82. The zero-order chi connectivity index (χ0) is 15.7. The number of imide groups is 1. The molecule has 1 saturated carbocycles. The van der Waals surface area contributed by atoms with Gasteiger partial charge in [-0.3, -0.25) is 19.5 Å². The molecule has 0 N–H and O–H groups in total. The van der Waals surface area contributed by atoms with Crippen molar-refractivity contribution in [2.24, 2.45) is 34.6 Å². The summed E-state index contributed by atoms with van der Waals surface area (Å²) in [5.74, 6) is 0.207. The smallest absolute Gasteiger partial charge is 0.238 e. The van der Waals surface area contributed by atoms with E-state index in [1.807, 2.05) is 30.3 Å². The minimum Gasteiger partial charge on any atom is -0.484 e. The molecule has 0 radical (unpaired) electrons. The summed E-state index contributed by atoms with van der Waals surface area (Å²) in [5, 5.41) is 0. The van der Waals surface area contributed by atoms with Crippen molar-refractivity contribution in [1.82, 2.24) is 0 Å². The molecule has 2 fully saturated rings. The maximum absolute atomic E-state index is 13.0. The lowest BCUT2D eigenvalue weighted by Crippen LogP contribution is -2.59. The van der Waals surface area contributed by atoms with E-state index >= 15 is 0 Å². The normalized spacial score (nSPS) is 39.7. The molecule has 23 heavy (non-hydrogen) atoms. The summed E-state index contributed by atoms with van der Waals surface area (Å²) >= 11 is 0. The zero-order valence-corrected chi connectivity index (χ0v) is 12.6. The molecule has 0 spiro atoms. The van der Waals surface area contributed by atoms with E-state index in [-0.39, 0.29) is 47.4 Å². The lowest BCUT2D eigenvalue weighted by atomic mass is 9.54. The van der Waals surface area contributed by atoms with Crippen LogP contribution in [-0.2, 0) is 14.3 Å². The second-order valence-corrected chi connectivity index (χ2v) is 6.63. The van der Waals surface area contributed by atoms with Crippen LogP contribution in [0.4, 0.5) is 5.69 Å². The predicted molar refractivity (Wildman–Crippen MR) is 83.8 cm³/mol. The Labute approximate surface area is 133 Å². The number of hydrogen-bond donors (Lipinski definition) is 0. The first kappa shape index (κ1) is 13.0. The Bertz CT molecular complexity index is 770. The van der Waals surface area contributed by atoms with E-state index in [2.05, 4.69) is 17.1 Å². The Morgan fingerprint density at radius 3 is 2.30 bits per heavy atom. The molecule has 2 bridgehead atoms. The van der Waals surface area contributed by atoms with Gasteiger partial charge >= 0.3 is 0 Å². The summed E-state index contributed by atoms with van der Waals surface area (Å²) < 4.78 is 5.34. The number of anilines is 1. The van der Waals surface area contributed by atoms with E-state index in [1.54, 1.807) is 7.11 Å². The quantitative estimate of drug-likeness (QED) is 0.585. The molecule has 2 heterocycles. The van der Waals surface area contributed by atoms with Gasteiger partial charge in [-0.15, -0.1) is 0 Å². The van der Waals surface area contributed by atoms with Crippen molar-refractivity contribution in [3.63, 3.8) is 0 Å². The largest absolute Gasteiger partial charge is 0.484 e. The maximum Gasteiger partial charge on any atom is 0.238 e. The zero-order valence-electron chi connectivity index (χ0n) is 12.6. The standard InChI is InChI=1S/C18H16N2O3/c1-23-16-14-10-7-8-11(15(14)19-16)13-12(10)17(21)20(18(13)22)9-5-3-2-4-6-9/h2-8,10-15H,1H3/t10-,11-,12-,13-,14+,15-/m1/s1. The second kappa shape index (κ2) is 4.31.